The van der Waals surface area contributed by atoms with Crippen LogP contribution in [-0.4, -0.2) is 44.4 Å². The van der Waals surface area contributed by atoms with Gasteiger partial charge in [-0.15, -0.1) is 0 Å². The molecule has 0 spiro atoms. The molecular formula is C20H25N3O3S. The number of para-hydroxylation sites is 1. The topological polar surface area (TPSA) is 78.5 Å². The highest BCUT2D eigenvalue weighted by molar-refractivity contribution is 7.92. The van der Waals surface area contributed by atoms with Gasteiger partial charge in [0.15, 0.2) is 0 Å². The normalized spacial score (nSPS) is 20.3. The number of rotatable bonds is 4. The lowest BCUT2D eigenvalue weighted by Crippen LogP contribution is -2.57. The summed E-state index contributed by atoms with van der Waals surface area (Å²) in [5.74, 6) is -0.0772. The molecule has 2 aromatic rings. The average molecular weight is 388 g/mol. The average Bonchev–Trinajstić information content (AvgIpc) is 2.65. The predicted octanol–water partition coefficient (Wildman–Crippen LogP) is 2.62. The van der Waals surface area contributed by atoms with Crippen molar-refractivity contribution in [2.75, 3.05) is 17.8 Å². The van der Waals surface area contributed by atoms with Crippen LogP contribution in [0, 0.1) is 6.92 Å². The van der Waals surface area contributed by atoms with Crippen LogP contribution in [0.5, 0.6) is 0 Å². The first-order valence-corrected chi connectivity index (χ1v) is 10.5. The zero-order valence-electron chi connectivity index (χ0n) is 15.8. The molecule has 1 aliphatic heterocycles. The highest BCUT2D eigenvalue weighted by atomic mass is 32.2. The van der Waals surface area contributed by atoms with Crippen molar-refractivity contribution in [3.05, 3.63) is 59.7 Å². The summed E-state index contributed by atoms with van der Waals surface area (Å²) in [5, 5.41) is 3.34. The van der Waals surface area contributed by atoms with Crippen molar-refractivity contribution in [1.29, 1.82) is 0 Å². The van der Waals surface area contributed by atoms with Crippen LogP contribution >= 0.6 is 0 Å². The van der Waals surface area contributed by atoms with Crippen LogP contribution in [0.25, 0.3) is 0 Å². The second-order valence-corrected chi connectivity index (χ2v) is 8.61. The fourth-order valence-electron chi connectivity index (χ4n) is 3.18. The minimum absolute atomic E-state index is 0.0772. The lowest BCUT2D eigenvalue weighted by atomic mass is 10.1. The van der Waals surface area contributed by atoms with Gasteiger partial charge in [-0.3, -0.25) is 9.52 Å². The maximum Gasteiger partial charge on any atom is 0.261 e. The van der Waals surface area contributed by atoms with Gasteiger partial charge < -0.3 is 10.2 Å². The van der Waals surface area contributed by atoms with Crippen molar-refractivity contribution in [1.82, 2.24) is 10.2 Å². The van der Waals surface area contributed by atoms with E-state index in [9.17, 15) is 13.2 Å². The van der Waals surface area contributed by atoms with Crippen molar-refractivity contribution >= 4 is 21.6 Å². The van der Waals surface area contributed by atoms with Crippen LogP contribution in [0.4, 0.5) is 5.69 Å². The van der Waals surface area contributed by atoms with E-state index in [4.69, 9.17) is 0 Å². The van der Waals surface area contributed by atoms with E-state index in [2.05, 4.69) is 17.0 Å². The van der Waals surface area contributed by atoms with Gasteiger partial charge in [0.1, 0.15) is 0 Å². The first kappa shape index (κ1) is 19.4. The van der Waals surface area contributed by atoms with Gasteiger partial charge in [-0.1, -0.05) is 18.2 Å². The van der Waals surface area contributed by atoms with E-state index in [0.29, 0.717) is 17.8 Å². The molecule has 1 heterocycles. The summed E-state index contributed by atoms with van der Waals surface area (Å²) < 4.78 is 27.8. The molecule has 3 rings (SSSR count). The van der Waals surface area contributed by atoms with E-state index in [1.54, 1.807) is 24.3 Å². The number of nitrogens with zero attached hydrogens (tertiary/aromatic N) is 1. The van der Waals surface area contributed by atoms with Crippen molar-refractivity contribution < 1.29 is 13.2 Å². The van der Waals surface area contributed by atoms with Crippen molar-refractivity contribution in [2.24, 2.45) is 0 Å². The number of hydrogen-bond acceptors (Lipinski definition) is 4. The minimum atomic E-state index is -3.71. The third-order valence-electron chi connectivity index (χ3n) is 5.10. The summed E-state index contributed by atoms with van der Waals surface area (Å²) in [4.78, 5) is 14.7. The molecule has 144 valence electrons. The van der Waals surface area contributed by atoms with Gasteiger partial charge in [0.2, 0.25) is 0 Å². The summed E-state index contributed by atoms with van der Waals surface area (Å²) in [7, 11) is -3.71. The Hall–Kier alpha value is -2.38. The molecule has 0 bridgehead atoms. The Morgan fingerprint density at radius 2 is 1.78 bits per heavy atom. The first-order chi connectivity index (χ1) is 12.8. The number of sulfonamides is 1. The molecule has 2 unspecified atom stereocenters. The number of benzene rings is 2. The van der Waals surface area contributed by atoms with Crippen LogP contribution in [0.2, 0.25) is 0 Å². The molecule has 1 amide bonds. The molecule has 2 aromatic carbocycles. The summed E-state index contributed by atoms with van der Waals surface area (Å²) in [6.45, 7) is 7.30. The van der Waals surface area contributed by atoms with Crippen LogP contribution in [-0.2, 0) is 10.0 Å². The molecule has 0 aromatic heterocycles. The quantitative estimate of drug-likeness (QED) is 0.845. The number of hydrogen-bond donors (Lipinski definition) is 2. The lowest BCUT2D eigenvalue weighted by molar-refractivity contribution is 0.0603. The molecule has 1 fully saturated rings. The lowest BCUT2D eigenvalue weighted by Gasteiger charge is -2.38. The molecule has 1 aliphatic rings. The van der Waals surface area contributed by atoms with Crippen molar-refractivity contribution in [2.45, 2.75) is 37.8 Å². The van der Waals surface area contributed by atoms with Gasteiger partial charge in [-0.05, 0) is 56.7 Å². The maximum atomic E-state index is 12.8. The number of anilines is 1. The Kier molecular flexibility index (Phi) is 5.53. The summed E-state index contributed by atoms with van der Waals surface area (Å²) in [6.07, 6.45) is 0. The summed E-state index contributed by atoms with van der Waals surface area (Å²) in [6, 6.07) is 13.6. The molecule has 6 nitrogen and oxygen atoms in total. The molecule has 0 radical (unpaired) electrons. The molecule has 7 heteroatoms. The molecular weight excluding hydrogens is 362 g/mol. The zero-order valence-corrected chi connectivity index (χ0v) is 16.6. The fraction of sp³-hybridized carbons (Fsp3) is 0.350. The number of carbonyl (C=O) groups is 1. The van der Waals surface area contributed by atoms with Crippen LogP contribution in [0.15, 0.2) is 53.4 Å². The van der Waals surface area contributed by atoms with E-state index in [-0.39, 0.29) is 22.9 Å². The Bertz CT molecular complexity index is 926. The predicted molar refractivity (Wildman–Crippen MR) is 106 cm³/mol. The Labute approximate surface area is 160 Å². The van der Waals surface area contributed by atoms with E-state index in [1.807, 2.05) is 30.9 Å². The van der Waals surface area contributed by atoms with E-state index in [0.717, 1.165) is 12.1 Å². The molecule has 0 saturated carbocycles. The number of nitrogens with one attached hydrogen (secondary N) is 2. The largest absolute Gasteiger partial charge is 0.333 e. The number of amides is 1. The van der Waals surface area contributed by atoms with E-state index >= 15 is 0 Å². The Balaban J connectivity index is 1.78. The van der Waals surface area contributed by atoms with Gasteiger partial charge in [0, 0.05) is 30.7 Å². The van der Waals surface area contributed by atoms with Crippen LogP contribution < -0.4 is 10.0 Å². The smallest absolute Gasteiger partial charge is 0.261 e. The first-order valence-electron chi connectivity index (χ1n) is 9.02. The maximum absolute atomic E-state index is 12.8. The van der Waals surface area contributed by atoms with Gasteiger partial charge in [-0.2, -0.15) is 0 Å². The highest BCUT2D eigenvalue weighted by Gasteiger charge is 2.29. The molecule has 0 aliphatic carbocycles. The SMILES string of the molecule is Cc1ccccc1NS(=O)(=O)c1ccc(C(=O)N2CCNC(C)C2C)cc1. The van der Waals surface area contributed by atoms with E-state index in [1.165, 1.54) is 12.1 Å². The third-order valence-corrected chi connectivity index (χ3v) is 6.48. The van der Waals surface area contributed by atoms with Crippen molar-refractivity contribution in [3.8, 4) is 0 Å². The number of aryl methyl sites for hydroxylation is 1. The second-order valence-electron chi connectivity index (χ2n) is 6.93. The van der Waals surface area contributed by atoms with Crippen LogP contribution in [0.3, 0.4) is 0 Å². The molecule has 2 atom stereocenters. The highest BCUT2D eigenvalue weighted by Crippen LogP contribution is 2.21. The Morgan fingerprint density at radius 3 is 2.44 bits per heavy atom. The fourth-order valence-corrected chi connectivity index (χ4v) is 4.31. The van der Waals surface area contributed by atoms with Gasteiger partial charge in [0.25, 0.3) is 15.9 Å². The monoisotopic (exact) mass is 387 g/mol. The third kappa shape index (κ3) is 4.14. The minimum Gasteiger partial charge on any atom is -0.333 e. The number of carbonyl (C=O) groups excluding carboxylic acids is 1. The van der Waals surface area contributed by atoms with Crippen molar-refractivity contribution in [3.63, 3.8) is 0 Å². The zero-order chi connectivity index (χ0) is 19.6. The molecule has 1 saturated heterocycles. The van der Waals surface area contributed by atoms with Gasteiger partial charge in [0.05, 0.1) is 10.6 Å². The van der Waals surface area contributed by atoms with Gasteiger partial charge in [-0.25, -0.2) is 8.42 Å². The Morgan fingerprint density at radius 1 is 1.11 bits per heavy atom. The summed E-state index contributed by atoms with van der Waals surface area (Å²) >= 11 is 0. The molecule has 2 N–H and O–H groups in total. The molecule has 27 heavy (non-hydrogen) atoms. The van der Waals surface area contributed by atoms with Gasteiger partial charge >= 0.3 is 0 Å². The number of piperazine rings is 1. The van der Waals surface area contributed by atoms with E-state index < -0.39 is 10.0 Å². The second kappa shape index (κ2) is 7.70. The standard InChI is InChI=1S/C20H25N3O3S/c1-14-6-4-5-7-19(14)22-27(25,26)18-10-8-17(9-11-18)20(24)23-13-12-21-15(2)16(23)3/h4-11,15-16,21-22H,12-13H2,1-3H3. The summed E-state index contributed by atoms with van der Waals surface area (Å²) in [5.41, 5.74) is 1.88. The van der Waals surface area contributed by atoms with Crippen LogP contribution in [0.1, 0.15) is 29.8 Å².